The SMILES string of the molecule is CCCCNC(=NCc1ccc(C)cc1)NCC1CCCC1NS(C)(=O)=O.I. The number of sulfonamides is 1. The van der Waals surface area contributed by atoms with Crippen molar-refractivity contribution in [3.05, 3.63) is 35.4 Å². The van der Waals surface area contributed by atoms with E-state index in [4.69, 9.17) is 4.99 Å². The molecule has 0 radical (unpaired) electrons. The molecule has 1 fully saturated rings. The third-order valence-electron chi connectivity index (χ3n) is 4.92. The van der Waals surface area contributed by atoms with Crippen LogP contribution in [0.5, 0.6) is 0 Å². The molecule has 1 saturated carbocycles. The number of hydrogen-bond acceptors (Lipinski definition) is 3. The molecular formula is C20H35IN4O2S. The summed E-state index contributed by atoms with van der Waals surface area (Å²) in [5.74, 6) is 1.09. The Labute approximate surface area is 187 Å². The van der Waals surface area contributed by atoms with Crippen LogP contribution in [0.15, 0.2) is 29.3 Å². The minimum absolute atomic E-state index is 0. The van der Waals surface area contributed by atoms with Gasteiger partial charge in [-0.3, -0.25) is 0 Å². The highest BCUT2D eigenvalue weighted by atomic mass is 127. The molecule has 1 aliphatic carbocycles. The van der Waals surface area contributed by atoms with Gasteiger partial charge in [0.15, 0.2) is 5.96 Å². The summed E-state index contributed by atoms with van der Waals surface area (Å²) in [6, 6.07) is 8.42. The van der Waals surface area contributed by atoms with E-state index in [1.807, 2.05) is 0 Å². The van der Waals surface area contributed by atoms with Crippen molar-refractivity contribution in [1.82, 2.24) is 15.4 Å². The molecule has 2 atom stereocenters. The molecule has 1 aliphatic rings. The van der Waals surface area contributed by atoms with Crippen LogP contribution in [0.3, 0.4) is 0 Å². The molecule has 1 aromatic rings. The summed E-state index contributed by atoms with van der Waals surface area (Å²) in [5.41, 5.74) is 2.42. The maximum absolute atomic E-state index is 11.6. The molecule has 160 valence electrons. The molecular weight excluding hydrogens is 487 g/mol. The third-order valence-corrected chi connectivity index (χ3v) is 5.65. The smallest absolute Gasteiger partial charge is 0.208 e. The second-order valence-electron chi connectivity index (χ2n) is 7.50. The van der Waals surface area contributed by atoms with E-state index in [1.54, 1.807) is 0 Å². The van der Waals surface area contributed by atoms with Crippen LogP contribution in [0, 0.1) is 12.8 Å². The van der Waals surface area contributed by atoms with Crippen LogP contribution < -0.4 is 15.4 Å². The topological polar surface area (TPSA) is 82.6 Å². The molecule has 6 nitrogen and oxygen atoms in total. The zero-order chi connectivity index (χ0) is 19.7. The summed E-state index contributed by atoms with van der Waals surface area (Å²) >= 11 is 0. The van der Waals surface area contributed by atoms with Gasteiger partial charge in [-0.05, 0) is 37.7 Å². The van der Waals surface area contributed by atoms with Crippen molar-refractivity contribution in [2.75, 3.05) is 19.3 Å². The number of unbranched alkanes of at least 4 members (excludes halogenated alkanes) is 1. The van der Waals surface area contributed by atoms with Crippen molar-refractivity contribution in [2.24, 2.45) is 10.9 Å². The van der Waals surface area contributed by atoms with Crippen LogP contribution in [0.2, 0.25) is 0 Å². The number of nitrogens with zero attached hydrogens (tertiary/aromatic N) is 1. The summed E-state index contributed by atoms with van der Waals surface area (Å²) in [5, 5.41) is 6.81. The van der Waals surface area contributed by atoms with E-state index in [1.165, 1.54) is 17.4 Å². The second-order valence-corrected chi connectivity index (χ2v) is 9.28. The molecule has 1 aromatic carbocycles. The Morgan fingerprint density at radius 2 is 1.89 bits per heavy atom. The van der Waals surface area contributed by atoms with Gasteiger partial charge in [-0.15, -0.1) is 24.0 Å². The second kappa shape index (κ2) is 12.6. The van der Waals surface area contributed by atoms with Crippen LogP contribution in [-0.2, 0) is 16.6 Å². The van der Waals surface area contributed by atoms with Gasteiger partial charge in [0.25, 0.3) is 0 Å². The molecule has 8 heteroatoms. The fourth-order valence-electron chi connectivity index (χ4n) is 3.36. The van der Waals surface area contributed by atoms with Gasteiger partial charge in [0.05, 0.1) is 12.8 Å². The minimum atomic E-state index is -3.17. The summed E-state index contributed by atoms with van der Waals surface area (Å²) in [6.07, 6.45) is 6.43. The number of hydrogen-bond donors (Lipinski definition) is 3. The molecule has 0 aromatic heterocycles. The molecule has 0 aliphatic heterocycles. The highest BCUT2D eigenvalue weighted by Gasteiger charge is 2.29. The number of rotatable bonds is 9. The third kappa shape index (κ3) is 9.56. The van der Waals surface area contributed by atoms with Crippen LogP contribution >= 0.6 is 24.0 Å². The lowest BCUT2D eigenvalue weighted by Gasteiger charge is -2.22. The fourth-order valence-corrected chi connectivity index (χ4v) is 4.22. The van der Waals surface area contributed by atoms with Gasteiger partial charge < -0.3 is 10.6 Å². The summed E-state index contributed by atoms with van der Waals surface area (Å²) in [6.45, 7) is 6.47. The summed E-state index contributed by atoms with van der Waals surface area (Å²) in [7, 11) is -3.17. The molecule has 0 amide bonds. The Morgan fingerprint density at radius 1 is 1.18 bits per heavy atom. The van der Waals surface area contributed by atoms with Gasteiger partial charge >= 0.3 is 0 Å². The van der Waals surface area contributed by atoms with Gasteiger partial charge in [0, 0.05) is 19.1 Å². The van der Waals surface area contributed by atoms with E-state index >= 15 is 0 Å². The van der Waals surface area contributed by atoms with E-state index in [9.17, 15) is 8.42 Å². The molecule has 0 bridgehead atoms. The standard InChI is InChI=1S/C20H34N4O2S.HI/c1-4-5-13-21-20(22-14-17-11-9-16(2)10-12-17)23-15-18-7-6-8-19(18)24-27(3,25)26;/h9-12,18-19,24H,4-8,13-15H2,1-3H3,(H2,21,22,23);1H. The van der Waals surface area contributed by atoms with Crippen LogP contribution in [-0.4, -0.2) is 39.8 Å². The summed E-state index contributed by atoms with van der Waals surface area (Å²) < 4.78 is 25.9. The predicted molar refractivity (Wildman–Crippen MR) is 128 cm³/mol. The fraction of sp³-hybridized carbons (Fsp3) is 0.650. The normalized spacial score (nSPS) is 19.9. The van der Waals surface area contributed by atoms with Crippen LogP contribution in [0.1, 0.15) is 50.2 Å². The number of aryl methyl sites for hydroxylation is 1. The number of guanidine groups is 1. The number of halogens is 1. The van der Waals surface area contributed by atoms with Gasteiger partial charge in [0.2, 0.25) is 10.0 Å². The van der Waals surface area contributed by atoms with Crippen LogP contribution in [0.4, 0.5) is 0 Å². The number of nitrogens with one attached hydrogen (secondary N) is 3. The van der Waals surface area contributed by atoms with E-state index in [0.717, 1.165) is 51.2 Å². The maximum Gasteiger partial charge on any atom is 0.208 e. The Hall–Kier alpha value is -0.870. The molecule has 0 heterocycles. The van der Waals surface area contributed by atoms with Crippen molar-refractivity contribution >= 4 is 40.0 Å². The Morgan fingerprint density at radius 3 is 2.54 bits per heavy atom. The first-order chi connectivity index (χ1) is 12.9. The maximum atomic E-state index is 11.6. The zero-order valence-electron chi connectivity index (χ0n) is 17.2. The molecule has 0 spiro atoms. The van der Waals surface area contributed by atoms with Gasteiger partial charge in [-0.25, -0.2) is 18.1 Å². The van der Waals surface area contributed by atoms with Crippen molar-refractivity contribution in [3.8, 4) is 0 Å². The predicted octanol–water partition coefficient (Wildman–Crippen LogP) is 3.17. The zero-order valence-corrected chi connectivity index (χ0v) is 20.3. The van der Waals surface area contributed by atoms with Crippen molar-refractivity contribution in [2.45, 2.75) is 58.5 Å². The average molecular weight is 522 g/mol. The average Bonchev–Trinajstić information content (AvgIpc) is 3.03. The largest absolute Gasteiger partial charge is 0.356 e. The van der Waals surface area contributed by atoms with E-state index in [0.29, 0.717) is 6.54 Å². The monoisotopic (exact) mass is 522 g/mol. The van der Waals surface area contributed by atoms with Crippen molar-refractivity contribution in [1.29, 1.82) is 0 Å². The highest BCUT2D eigenvalue weighted by molar-refractivity contribution is 14.0. The highest BCUT2D eigenvalue weighted by Crippen LogP contribution is 2.25. The van der Waals surface area contributed by atoms with Crippen molar-refractivity contribution in [3.63, 3.8) is 0 Å². The molecule has 3 N–H and O–H groups in total. The lowest BCUT2D eigenvalue weighted by atomic mass is 10.1. The summed E-state index contributed by atoms with van der Waals surface area (Å²) in [4.78, 5) is 4.71. The van der Waals surface area contributed by atoms with E-state index in [-0.39, 0.29) is 35.9 Å². The Bertz CT molecular complexity index is 707. The Balaban J connectivity index is 0.00000392. The molecule has 2 rings (SSSR count). The molecule has 28 heavy (non-hydrogen) atoms. The number of aliphatic imine (C=N–C) groups is 1. The lowest BCUT2D eigenvalue weighted by Crippen LogP contribution is -2.45. The number of benzene rings is 1. The first-order valence-corrected chi connectivity index (χ1v) is 11.8. The van der Waals surface area contributed by atoms with E-state index < -0.39 is 10.0 Å². The first kappa shape index (κ1) is 25.2. The van der Waals surface area contributed by atoms with E-state index in [2.05, 4.69) is 53.5 Å². The first-order valence-electron chi connectivity index (χ1n) is 9.92. The Kier molecular flexibility index (Phi) is 11.4. The van der Waals surface area contributed by atoms with Crippen molar-refractivity contribution < 1.29 is 8.42 Å². The molecule has 0 saturated heterocycles. The minimum Gasteiger partial charge on any atom is -0.356 e. The van der Waals surface area contributed by atoms with Gasteiger partial charge in [-0.2, -0.15) is 0 Å². The molecule has 2 unspecified atom stereocenters. The lowest BCUT2D eigenvalue weighted by molar-refractivity contribution is 0.438. The van der Waals surface area contributed by atoms with Gasteiger partial charge in [-0.1, -0.05) is 49.6 Å². The van der Waals surface area contributed by atoms with Gasteiger partial charge in [0.1, 0.15) is 0 Å². The quantitative estimate of drug-likeness (QED) is 0.202. The van der Waals surface area contributed by atoms with Crippen LogP contribution in [0.25, 0.3) is 0 Å².